The highest BCUT2D eigenvalue weighted by Gasteiger charge is 1.97. The van der Waals surface area contributed by atoms with Crippen molar-refractivity contribution in [3.05, 3.63) is 50.3 Å². The molecular formula is C10H7IN2O. The van der Waals surface area contributed by atoms with Gasteiger partial charge in [0, 0.05) is 15.2 Å². The first kappa shape index (κ1) is 9.39. The number of rotatable bonds is 1. The highest BCUT2D eigenvalue weighted by Crippen LogP contribution is 2.16. The standard InChI is InChI=1S/C10H7IN2O/c11-8-3-1-7(2-4-8)9-5-6-10(14)13-12-9/h1-6H,(H,13,14). The van der Waals surface area contributed by atoms with E-state index in [0.717, 1.165) is 11.3 Å². The molecule has 0 aliphatic heterocycles. The molecule has 4 heteroatoms. The van der Waals surface area contributed by atoms with E-state index in [2.05, 4.69) is 32.8 Å². The van der Waals surface area contributed by atoms with Gasteiger partial charge < -0.3 is 0 Å². The van der Waals surface area contributed by atoms with Gasteiger partial charge in [-0.05, 0) is 40.8 Å². The molecule has 0 fully saturated rings. The first-order chi connectivity index (χ1) is 6.75. The minimum absolute atomic E-state index is 0.181. The van der Waals surface area contributed by atoms with E-state index in [1.165, 1.54) is 9.64 Å². The third-order valence-electron chi connectivity index (χ3n) is 1.82. The Balaban J connectivity index is 2.44. The predicted octanol–water partition coefficient (Wildman–Crippen LogP) is 2.04. The van der Waals surface area contributed by atoms with Crippen LogP contribution < -0.4 is 5.56 Å². The molecule has 2 rings (SSSR count). The minimum atomic E-state index is -0.181. The molecule has 0 radical (unpaired) electrons. The van der Waals surface area contributed by atoms with Gasteiger partial charge in [0.15, 0.2) is 0 Å². The van der Waals surface area contributed by atoms with Crippen molar-refractivity contribution >= 4 is 22.6 Å². The van der Waals surface area contributed by atoms with Gasteiger partial charge in [0.1, 0.15) is 0 Å². The molecule has 0 amide bonds. The van der Waals surface area contributed by atoms with Crippen LogP contribution >= 0.6 is 22.6 Å². The van der Waals surface area contributed by atoms with E-state index in [1.807, 2.05) is 24.3 Å². The Kier molecular flexibility index (Phi) is 2.62. The van der Waals surface area contributed by atoms with Gasteiger partial charge >= 0.3 is 0 Å². The van der Waals surface area contributed by atoms with Gasteiger partial charge in [-0.3, -0.25) is 4.79 Å². The van der Waals surface area contributed by atoms with Crippen LogP contribution in [0, 0.1) is 3.57 Å². The Hall–Kier alpha value is -1.17. The maximum atomic E-state index is 10.8. The summed E-state index contributed by atoms with van der Waals surface area (Å²) < 4.78 is 1.18. The zero-order valence-electron chi connectivity index (χ0n) is 7.20. The molecule has 0 spiro atoms. The molecule has 0 bridgehead atoms. The van der Waals surface area contributed by atoms with Crippen LogP contribution in [-0.2, 0) is 0 Å². The van der Waals surface area contributed by atoms with Crippen LogP contribution in [0.5, 0.6) is 0 Å². The molecule has 0 aliphatic carbocycles. The molecule has 0 aliphatic rings. The largest absolute Gasteiger partial charge is 0.268 e. The van der Waals surface area contributed by atoms with E-state index in [9.17, 15) is 4.79 Å². The van der Waals surface area contributed by atoms with Crippen molar-refractivity contribution in [2.45, 2.75) is 0 Å². The normalized spacial score (nSPS) is 10.1. The third-order valence-corrected chi connectivity index (χ3v) is 2.54. The number of H-pyrrole nitrogens is 1. The zero-order valence-corrected chi connectivity index (χ0v) is 9.36. The van der Waals surface area contributed by atoms with E-state index in [-0.39, 0.29) is 5.56 Å². The number of hydrogen-bond acceptors (Lipinski definition) is 2. The summed E-state index contributed by atoms with van der Waals surface area (Å²) in [4.78, 5) is 10.8. The summed E-state index contributed by atoms with van der Waals surface area (Å²) >= 11 is 2.24. The molecule has 0 unspecified atom stereocenters. The first-order valence-electron chi connectivity index (χ1n) is 4.07. The van der Waals surface area contributed by atoms with Crippen LogP contribution in [0.25, 0.3) is 11.3 Å². The van der Waals surface area contributed by atoms with Crippen molar-refractivity contribution in [2.75, 3.05) is 0 Å². The lowest BCUT2D eigenvalue weighted by Gasteiger charge is -1.98. The average molecular weight is 298 g/mol. The molecule has 1 aromatic heterocycles. The summed E-state index contributed by atoms with van der Waals surface area (Å²) in [7, 11) is 0. The number of halogens is 1. The molecule has 0 saturated carbocycles. The van der Waals surface area contributed by atoms with Crippen molar-refractivity contribution in [3.8, 4) is 11.3 Å². The van der Waals surface area contributed by atoms with Gasteiger partial charge in [-0.1, -0.05) is 12.1 Å². The lowest BCUT2D eigenvalue weighted by atomic mass is 10.1. The van der Waals surface area contributed by atoms with Crippen LogP contribution in [0.15, 0.2) is 41.2 Å². The number of aromatic amines is 1. The molecule has 14 heavy (non-hydrogen) atoms. The number of hydrogen-bond donors (Lipinski definition) is 1. The van der Waals surface area contributed by atoms with E-state index in [4.69, 9.17) is 0 Å². The van der Waals surface area contributed by atoms with E-state index < -0.39 is 0 Å². The number of nitrogens with zero attached hydrogens (tertiary/aromatic N) is 1. The fraction of sp³-hybridized carbons (Fsp3) is 0. The average Bonchev–Trinajstić information content (AvgIpc) is 2.21. The number of benzene rings is 1. The Morgan fingerprint density at radius 2 is 1.79 bits per heavy atom. The predicted molar refractivity (Wildman–Crippen MR) is 63.0 cm³/mol. The first-order valence-corrected chi connectivity index (χ1v) is 5.15. The Morgan fingerprint density at radius 3 is 2.36 bits per heavy atom. The Bertz CT molecular complexity index is 470. The van der Waals surface area contributed by atoms with Crippen LogP contribution in [0.1, 0.15) is 0 Å². The van der Waals surface area contributed by atoms with Crippen LogP contribution in [0.3, 0.4) is 0 Å². The van der Waals surface area contributed by atoms with Crippen molar-refractivity contribution in [2.24, 2.45) is 0 Å². The van der Waals surface area contributed by atoms with Crippen LogP contribution in [0.2, 0.25) is 0 Å². The molecule has 0 atom stereocenters. The van der Waals surface area contributed by atoms with E-state index in [0.29, 0.717) is 0 Å². The molecular weight excluding hydrogens is 291 g/mol. The fourth-order valence-corrected chi connectivity index (χ4v) is 1.49. The quantitative estimate of drug-likeness (QED) is 0.819. The van der Waals surface area contributed by atoms with Crippen molar-refractivity contribution < 1.29 is 0 Å². The van der Waals surface area contributed by atoms with Gasteiger partial charge in [0.25, 0.3) is 5.56 Å². The fourth-order valence-electron chi connectivity index (χ4n) is 1.13. The molecule has 1 aromatic carbocycles. The van der Waals surface area contributed by atoms with E-state index >= 15 is 0 Å². The van der Waals surface area contributed by atoms with Gasteiger partial charge in [0.05, 0.1) is 5.69 Å². The minimum Gasteiger partial charge on any atom is -0.268 e. The summed E-state index contributed by atoms with van der Waals surface area (Å²) in [6.07, 6.45) is 0. The number of aromatic nitrogens is 2. The van der Waals surface area contributed by atoms with Gasteiger partial charge in [-0.2, -0.15) is 5.10 Å². The molecule has 70 valence electrons. The Morgan fingerprint density at radius 1 is 1.07 bits per heavy atom. The monoisotopic (exact) mass is 298 g/mol. The SMILES string of the molecule is O=c1ccc(-c2ccc(I)cc2)n[nH]1. The van der Waals surface area contributed by atoms with Crippen LogP contribution in [-0.4, -0.2) is 10.2 Å². The second-order valence-electron chi connectivity index (χ2n) is 2.81. The van der Waals surface area contributed by atoms with Crippen molar-refractivity contribution in [1.82, 2.24) is 10.2 Å². The van der Waals surface area contributed by atoms with Gasteiger partial charge in [0.2, 0.25) is 0 Å². The molecule has 1 N–H and O–H groups in total. The van der Waals surface area contributed by atoms with Crippen molar-refractivity contribution in [3.63, 3.8) is 0 Å². The molecule has 3 nitrogen and oxygen atoms in total. The summed E-state index contributed by atoms with van der Waals surface area (Å²) in [6, 6.07) is 11.1. The van der Waals surface area contributed by atoms with E-state index in [1.54, 1.807) is 6.07 Å². The maximum Gasteiger partial charge on any atom is 0.264 e. The lowest BCUT2D eigenvalue weighted by molar-refractivity contribution is 0.995. The van der Waals surface area contributed by atoms with Crippen molar-refractivity contribution in [1.29, 1.82) is 0 Å². The highest BCUT2D eigenvalue weighted by atomic mass is 127. The third kappa shape index (κ3) is 2.01. The molecule has 1 heterocycles. The van der Waals surface area contributed by atoms with Gasteiger partial charge in [-0.15, -0.1) is 0 Å². The molecule has 2 aromatic rings. The summed E-state index contributed by atoms with van der Waals surface area (Å²) in [6.45, 7) is 0. The number of nitrogens with one attached hydrogen (secondary N) is 1. The smallest absolute Gasteiger partial charge is 0.264 e. The maximum absolute atomic E-state index is 10.8. The zero-order chi connectivity index (χ0) is 9.97. The second-order valence-corrected chi connectivity index (χ2v) is 4.06. The van der Waals surface area contributed by atoms with Crippen LogP contribution in [0.4, 0.5) is 0 Å². The lowest BCUT2D eigenvalue weighted by Crippen LogP contribution is -2.05. The van der Waals surface area contributed by atoms with Gasteiger partial charge in [-0.25, -0.2) is 5.10 Å². The summed E-state index contributed by atoms with van der Waals surface area (Å²) in [5, 5.41) is 6.34. The molecule has 0 saturated heterocycles. The summed E-state index contributed by atoms with van der Waals surface area (Å²) in [5.74, 6) is 0. The topological polar surface area (TPSA) is 45.8 Å². The summed E-state index contributed by atoms with van der Waals surface area (Å²) in [5.41, 5.74) is 1.60. The second kappa shape index (κ2) is 3.91. The highest BCUT2D eigenvalue weighted by molar-refractivity contribution is 14.1. The Labute approximate surface area is 94.3 Å².